The van der Waals surface area contributed by atoms with Crippen molar-refractivity contribution < 1.29 is 19.4 Å². The van der Waals surface area contributed by atoms with Crippen LogP contribution in [0.4, 0.5) is 4.79 Å². The molecule has 1 saturated heterocycles. The van der Waals surface area contributed by atoms with Crippen LogP contribution < -0.4 is 15.4 Å². The highest BCUT2D eigenvalue weighted by Gasteiger charge is 2.36. The van der Waals surface area contributed by atoms with Crippen molar-refractivity contribution in [1.82, 2.24) is 10.6 Å². The van der Waals surface area contributed by atoms with E-state index < -0.39 is 12.1 Å². The lowest BCUT2D eigenvalue weighted by Gasteiger charge is -2.17. The second-order valence-corrected chi connectivity index (χ2v) is 4.05. The molecule has 0 aromatic heterocycles. The normalized spacial score (nSPS) is 22.4. The van der Waals surface area contributed by atoms with E-state index in [2.05, 4.69) is 10.6 Å². The van der Waals surface area contributed by atoms with E-state index >= 15 is 0 Å². The van der Waals surface area contributed by atoms with E-state index in [9.17, 15) is 9.59 Å². The van der Waals surface area contributed by atoms with Crippen LogP contribution in [0, 0.1) is 0 Å². The van der Waals surface area contributed by atoms with Gasteiger partial charge in [-0.3, -0.25) is 4.79 Å². The van der Waals surface area contributed by atoms with E-state index in [4.69, 9.17) is 9.84 Å². The number of nitrogens with one attached hydrogen (secondary N) is 2. The number of hydrogen-bond donors (Lipinski definition) is 3. The number of benzene rings is 1. The lowest BCUT2D eigenvalue weighted by Crippen LogP contribution is -2.42. The first-order valence-corrected chi connectivity index (χ1v) is 5.53. The third-order valence-corrected chi connectivity index (χ3v) is 3.00. The van der Waals surface area contributed by atoms with Gasteiger partial charge in [-0.15, -0.1) is 0 Å². The van der Waals surface area contributed by atoms with E-state index in [1.807, 2.05) is 12.1 Å². The standard InChI is InChI=1S/C12H14N2O4/c1-18-8-4-2-7(3-5-8)9-6-13-11(15)10(9)14-12(16)17/h2-5,9-10,14H,6H2,1H3,(H,13,15)(H,16,17)/t9-,10-/m0/s1. The molecule has 2 amide bonds. The summed E-state index contributed by atoms with van der Waals surface area (Å²) in [6, 6.07) is 6.50. The summed E-state index contributed by atoms with van der Waals surface area (Å²) in [6.45, 7) is 0.427. The summed E-state index contributed by atoms with van der Waals surface area (Å²) in [5, 5.41) is 13.6. The number of carbonyl (C=O) groups excluding carboxylic acids is 1. The Morgan fingerprint density at radius 1 is 1.44 bits per heavy atom. The third-order valence-electron chi connectivity index (χ3n) is 3.00. The topological polar surface area (TPSA) is 87.7 Å². The molecule has 1 heterocycles. The minimum atomic E-state index is -1.20. The van der Waals surface area contributed by atoms with Crippen molar-refractivity contribution in [2.24, 2.45) is 0 Å². The van der Waals surface area contributed by atoms with Gasteiger partial charge in [0.1, 0.15) is 11.8 Å². The van der Waals surface area contributed by atoms with Crippen molar-refractivity contribution in [2.45, 2.75) is 12.0 Å². The fourth-order valence-electron chi connectivity index (χ4n) is 2.08. The smallest absolute Gasteiger partial charge is 0.405 e. The van der Waals surface area contributed by atoms with Crippen molar-refractivity contribution in [3.8, 4) is 5.75 Å². The van der Waals surface area contributed by atoms with Gasteiger partial charge in [-0.25, -0.2) is 4.79 Å². The molecule has 0 bridgehead atoms. The molecule has 6 nitrogen and oxygen atoms in total. The van der Waals surface area contributed by atoms with Crippen LogP contribution in [0.5, 0.6) is 5.75 Å². The molecule has 2 atom stereocenters. The Kier molecular flexibility index (Phi) is 3.36. The number of ether oxygens (including phenoxy) is 1. The van der Waals surface area contributed by atoms with Gasteiger partial charge < -0.3 is 20.5 Å². The van der Waals surface area contributed by atoms with Gasteiger partial charge in [0.15, 0.2) is 0 Å². The van der Waals surface area contributed by atoms with E-state index in [1.165, 1.54) is 0 Å². The van der Waals surface area contributed by atoms with E-state index in [0.29, 0.717) is 6.54 Å². The molecule has 0 unspecified atom stereocenters. The Hall–Kier alpha value is -2.24. The second-order valence-electron chi connectivity index (χ2n) is 4.05. The molecule has 0 aliphatic carbocycles. The molecule has 0 radical (unpaired) electrons. The van der Waals surface area contributed by atoms with Crippen LogP contribution in [-0.2, 0) is 4.79 Å². The maximum atomic E-state index is 11.6. The van der Waals surface area contributed by atoms with E-state index in [0.717, 1.165) is 11.3 Å². The summed E-state index contributed by atoms with van der Waals surface area (Å²) in [5.74, 6) is 0.233. The predicted molar refractivity (Wildman–Crippen MR) is 63.7 cm³/mol. The molecule has 96 valence electrons. The van der Waals surface area contributed by atoms with Crippen molar-refractivity contribution >= 4 is 12.0 Å². The molecule has 3 N–H and O–H groups in total. The van der Waals surface area contributed by atoms with E-state index in [-0.39, 0.29) is 11.8 Å². The molecule has 1 fully saturated rings. The number of carboxylic acid groups (broad SMARTS) is 1. The molecule has 18 heavy (non-hydrogen) atoms. The monoisotopic (exact) mass is 250 g/mol. The van der Waals surface area contributed by atoms with Gasteiger partial charge in [-0.05, 0) is 17.7 Å². The lowest BCUT2D eigenvalue weighted by molar-refractivity contribution is -0.120. The third kappa shape index (κ3) is 2.37. The first kappa shape index (κ1) is 12.2. The van der Waals surface area contributed by atoms with Crippen molar-refractivity contribution in [1.29, 1.82) is 0 Å². The summed E-state index contributed by atoms with van der Waals surface area (Å²) >= 11 is 0. The molecule has 1 aromatic rings. The quantitative estimate of drug-likeness (QED) is 0.730. The molecule has 6 heteroatoms. The van der Waals surface area contributed by atoms with Crippen LogP contribution in [-0.4, -0.2) is 36.8 Å². The zero-order valence-electron chi connectivity index (χ0n) is 9.84. The first-order chi connectivity index (χ1) is 8.61. The Morgan fingerprint density at radius 2 is 2.11 bits per heavy atom. The Labute approximate surface area is 104 Å². The predicted octanol–water partition coefficient (Wildman–Crippen LogP) is 0.545. The Bertz CT molecular complexity index is 458. The van der Waals surface area contributed by atoms with Crippen molar-refractivity contribution in [2.75, 3.05) is 13.7 Å². The summed E-state index contributed by atoms with van der Waals surface area (Å²) in [6.07, 6.45) is -1.20. The maximum absolute atomic E-state index is 11.6. The van der Waals surface area contributed by atoms with Crippen LogP contribution in [0.25, 0.3) is 0 Å². The number of carbonyl (C=O) groups is 2. The second kappa shape index (κ2) is 4.95. The molecule has 2 rings (SSSR count). The zero-order valence-corrected chi connectivity index (χ0v) is 9.84. The van der Waals surface area contributed by atoms with Gasteiger partial charge in [0.05, 0.1) is 7.11 Å². The Balaban J connectivity index is 2.19. The van der Waals surface area contributed by atoms with Gasteiger partial charge in [0.2, 0.25) is 5.91 Å². The largest absolute Gasteiger partial charge is 0.497 e. The summed E-state index contributed by atoms with van der Waals surface area (Å²) in [7, 11) is 1.57. The van der Waals surface area contributed by atoms with Crippen molar-refractivity contribution in [3.63, 3.8) is 0 Å². The zero-order chi connectivity index (χ0) is 13.1. The fourth-order valence-corrected chi connectivity index (χ4v) is 2.08. The highest BCUT2D eigenvalue weighted by molar-refractivity contribution is 5.88. The molecular formula is C12H14N2O4. The number of amides is 2. The lowest BCUT2D eigenvalue weighted by atomic mass is 9.94. The maximum Gasteiger partial charge on any atom is 0.405 e. The number of hydrogen-bond acceptors (Lipinski definition) is 3. The molecule has 1 aliphatic rings. The van der Waals surface area contributed by atoms with Gasteiger partial charge in [-0.2, -0.15) is 0 Å². The molecule has 1 aliphatic heterocycles. The van der Waals surface area contributed by atoms with Gasteiger partial charge in [0.25, 0.3) is 0 Å². The number of methoxy groups -OCH3 is 1. The average molecular weight is 250 g/mol. The first-order valence-electron chi connectivity index (χ1n) is 5.53. The van der Waals surface area contributed by atoms with Gasteiger partial charge in [-0.1, -0.05) is 12.1 Å². The molecular weight excluding hydrogens is 236 g/mol. The van der Waals surface area contributed by atoms with Crippen LogP contribution in [0.1, 0.15) is 11.5 Å². The summed E-state index contributed by atoms with van der Waals surface area (Å²) in [4.78, 5) is 22.2. The minimum absolute atomic E-state index is 0.195. The van der Waals surface area contributed by atoms with Crippen LogP contribution >= 0.6 is 0 Å². The minimum Gasteiger partial charge on any atom is -0.497 e. The molecule has 0 spiro atoms. The van der Waals surface area contributed by atoms with Gasteiger partial charge >= 0.3 is 6.09 Å². The Morgan fingerprint density at radius 3 is 2.67 bits per heavy atom. The highest BCUT2D eigenvalue weighted by atomic mass is 16.5. The van der Waals surface area contributed by atoms with Crippen LogP contribution in [0.3, 0.4) is 0 Å². The summed E-state index contributed by atoms with van der Waals surface area (Å²) in [5.41, 5.74) is 0.896. The van der Waals surface area contributed by atoms with Gasteiger partial charge in [0, 0.05) is 12.5 Å². The molecule has 1 aromatic carbocycles. The van der Waals surface area contributed by atoms with Crippen LogP contribution in [0.2, 0.25) is 0 Å². The summed E-state index contributed by atoms with van der Waals surface area (Å²) < 4.78 is 5.05. The average Bonchev–Trinajstić information content (AvgIpc) is 2.71. The van der Waals surface area contributed by atoms with E-state index in [1.54, 1.807) is 19.2 Å². The highest BCUT2D eigenvalue weighted by Crippen LogP contribution is 2.25. The SMILES string of the molecule is COc1ccc([C@@H]2CNC(=O)[C@H]2NC(=O)O)cc1. The van der Waals surface area contributed by atoms with Crippen molar-refractivity contribution in [3.05, 3.63) is 29.8 Å². The molecule has 0 saturated carbocycles. The number of rotatable bonds is 3. The van der Waals surface area contributed by atoms with Crippen LogP contribution in [0.15, 0.2) is 24.3 Å². The fraction of sp³-hybridized carbons (Fsp3) is 0.333.